The average Bonchev–Trinajstić information content (AvgIpc) is 2.58. The van der Waals surface area contributed by atoms with Gasteiger partial charge in [-0.25, -0.2) is 18.0 Å². The molecule has 2 aromatic carbocycles. The van der Waals surface area contributed by atoms with Crippen molar-refractivity contribution in [3.8, 4) is 0 Å². The van der Waals surface area contributed by atoms with E-state index in [0.717, 1.165) is 0 Å². The average molecular weight is 483 g/mol. The monoisotopic (exact) mass is 482 g/mol. The minimum absolute atomic E-state index is 0.0558. The molecule has 10 heteroatoms. The van der Waals surface area contributed by atoms with Crippen LogP contribution in [0.3, 0.4) is 0 Å². The van der Waals surface area contributed by atoms with Crippen molar-refractivity contribution in [2.45, 2.75) is 51.3 Å². The molecule has 0 aliphatic carbocycles. The summed E-state index contributed by atoms with van der Waals surface area (Å²) >= 11 is 0. The second-order valence-corrected chi connectivity index (χ2v) is 14.3. The summed E-state index contributed by atoms with van der Waals surface area (Å²) in [6, 6.07) is 12.1. The van der Waals surface area contributed by atoms with Gasteiger partial charge in [0.05, 0.1) is 24.4 Å². The standard InChI is InChI=1S/C11H16N2O3S.C11H18N2OS/c1-11(2,3)8-17(12,16)10-6-4-9(5-7-10)13(14)15;1-11(2,3)8-15(13,14)10-6-4-9(12)5-7-10/h4-7,12H,8H2,1-3H3;4-7,13H,8,12H2,1-3H3. The quantitative estimate of drug-likeness (QED) is 0.281. The second kappa shape index (κ2) is 9.99. The maximum absolute atomic E-state index is 12.2. The number of nitrogens with two attached hydrogens (primary N) is 1. The number of nitrogens with one attached hydrogen (secondary N) is 2. The third kappa shape index (κ3) is 9.35. The Labute approximate surface area is 191 Å². The first kappa shape index (κ1) is 27.6. The zero-order chi connectivity index (χ0) is 25.0. The lowest BCUT2D eigenvalue weighted by molar-refractivity contribution is -0.384. The van der Waals surface area contributed by atoms with Crippen molar-refractivity contribution >= 4 is 30.8 Å². The normalized spacial score (nSPS) is 15.6. The summed E-state index contributed by atoms with van der Waals surface area (Å²) in [7, 11) is -5.57. The van der Waals surface area contributed by atoms with Gasteiger partial charge in [0, 0.05) is 39.1 Å². The minimum atomic E-state index is -2.88. The summed E-state index contributed by atoms with van der Waals surface area (Å²) in [5, 5.41) is 10.5. The lowest BCUT2D eigenvalue weighted by atomic mass is 10.0. The first-order chi connectivity index (χ1) is 14.3. The molecule has 0 aliphatic heterocycles. The summed E-state index contributed by atoms with van der Waals surface area (Å²) in [6.07, 6.45) is 0. The van der Waals surface area contributed by atoms with Crippen molar-refractivity contribution in [3.63, 3.8) is 0 Å². The molecule has 32 heavy (non-hydrogen) atoms. The maximum atomic E-state index is 12.2. The topological polar surface area (TPSA) is 151 Å². The molecule has 0 amide bonds. The lowest BCUT2D eigenvalue weighted by Crippen LogP contribution is -2.19. The van der Waals surface area contributed by atoms with Gasteiger partial charge in [-0.15, -0.1) is 0 Å². The molecule has 2 atom stereocenters. The molecule has 2 rings (SSSR count). The molecule has 178 valence electrons. The van der Waals surface area contributed by atoms with Crippen LogP contribution in [0.5, 0.6) is 0 Å². The third-order valence-corrected chi connectivity index (χ3v) is 8.57. The SMILES string of the molecule is CC(C)(C)CS(=N)(=O)c1ccc(N)cc1.CC(C)(C)CS(=N)(=O)c1ccc([N+](=O)[O-])cc1. The van der Waals surface area contributed by atoms with E-state index in [1.165, 1.54) is 24.3 Å². The first-order valence-corrected chi connectivity index (χ1v) is 13.4. The summed E-state index contributed by atoms with van der Waals surface area (Å²) in [5.74, 6) is 0.599. The molecule has 8 nitrogen and oxygen atoms in total. The molecule has 2 aromatic rings. The molecule has 0 saturated heterocycles. The Morgan fingerprint density at radius 2 is 1.09 bits per heavy atom. The fourth-order valence-electron chi connectivity index (χ4n) is 2.86. The molecule has 0 aliphatic rings. The van der Waals surface area contributed by atoms with Crippen LogP contribution in [-0.4, -0.2) is 24.8 Å². The van der Waals surface area contributed by atoms with Crippen LogP contribution >= 0.6 is 0 Å². The Bertz CT molecular complexity index is 1130. The summed E-state index contributed by atoms with van der Waals surface area (Å²) in [6.45, 7) is 11.7. The number of nitro groups is 1. The lowest BCUT2D eigenvalue weighted by Gasteiger charge is -2.20. The third-order valence-electron chi connectivity index (χ3n) is 3.96. The van der Waals surface area contributed by atoms with Gasteiger partial charge in [0.2, 0.25) is 0 Å². The van der Waals surface area contributed by atoms with Crippen LogP contribution in [0.1, 0.15) is 41.5 Å². The van der Waals surface area contributed by atoms with Crippen molar-refractivity contribution < 1.29 is 13.3 Å². The van der Waals surface area contributed by atoms with Gasteiger partial charge < -0.3 is 5.73 Å². The van der Waals surface area contributed by atoms with E-state index in [2.05, 4.69) is 0 Å². The summed E-state index contributed by atoms with van der Waals surface area (Å²) in [5.41, 5.74) is 5.78. The number of hydrogen-bond donors (Lipinski definition) is 3. The van der Waals surface area contributed by atoms with Crippen molar-refractivity contribution in [3.05, 3.63) is 58.6 Å². The van der Waals surface area contributed by atoms with Gasteiger partial charge in [-0.2, -0.15) is 0 Å². The number of hydrogen-bond acceptors (Lipinski definition) is 7. The van der Waals surface area contributed by atoms with Crippen LogP contribution in [0, 0.1) is 30.5 Å². The predicted molar refractivity (Wildman–Crippen MR) is 131 cm³/mol. The van der Waals surface area contributed by atoms with E-state index in [9.17, 15) is 18.5 Å². The fraction of sp³-hybridized carbons (Fsp3) is 0.455. The van der Waals surface area contributed by atoms with Crippen LogP contribution in [-0.2, 0) is 19.5 Å². The van der Waals surface area contributed by atoms with Gasteiger partial charge in [-0.3, -0.25) is 10.1 Å². The van der Waals surface area contributed by atoms with Crippen molar-refractivity contribution in [1.29, 1.82) is 9.56 Å². The molecular formula is C22H34N4O4S2. The molecule has 0 radical (unpaired) electrons. The van der Waals surface area contributed by atoms with Gasteiger partial charge in [0.25, 0.3) is 5.69 Å². The van der Waals surface area contributed by atoms with Crippen molar-refractivity contribution in [2.75, 3.05) is 17.2 Å². The Morgan fingerprint density at radius 3 is 1.38 bits per heavy atom. The number of anilines is 1. The number of non-ortho nitro benzene ring substituents is 1. The van der Waals surface area contributed by atoms with E-state index >= 15 is 0 Å². The smallest absolute Gasteiger partial charge is 0.269 e. The Morgan fingerprint density at radius 1 is 0.781 bits per heavy atom. The molecule has 0 fully saturated rings. The second-order valence-electron chi connectivity index (χ2n) is 10.1. The minimum Gasteiger partial charge on any atom is -0.399 e. The highest BCUT2D eigenvalue weighted by molar-refractivity contribution is 7.92. The van der Waals surface area contributed by atoms with Gasteiger partial charge in [-0.05, 0) is 47.2 Å². The largest absolute Gasteiger partial charge is 0.399 e. The number of rotatable bonds is 5. The number of nitrogens with zero attached hydrogens (tertiary/aromatic N) is 1. The molecule has 4 N–H and O–H groups in total. The maximum Gasteiger partial charge on any atom is 0.269 e. The van der Waals surface area contributed by atoms with E-state index < -0.39 is 24.4 Å². The highest BCUT2D eigenvalue weighted by Gasteiger charge is 2.21. The van der Waals surface area contributed by atoms with Gasteiger partial charge in [0.15, 0.2) is 0 Å². The van der Waals surface area contributed by atoms with Crippen molar-refractivity contribution in [2.24, 2.45) is 10.8 Å². The molecule has 0 bridgehead atoms. The van der Waals surface area contributed by atoms with E-state index in [0.29, 0.717) is 21.2 Å². The molecule has 0 heterocycles. The molecule has 0 aromatic heterocycles. The Balaban J connectivity index is 0.000000323. The molecule has 2 unspecified atom stereocenters. The van der Waals surface area contributed by atoms with E-state index in [1.54, 1.807) is 24.3 Å². The van der Waals surface area contributed by atoms with E-state index in [-0.39, 0.29) is 22.3 Å². The predicted octanol–water partition coefficient (Wildman–Crippen LogP) is 5.77. The highest BCUT2D eigenvalue weighted by atomic mass is 32.2. The number of nitro benzene ring substituents is 1. The zero-order valence-corrected chi connectivity index (χ0v) is 21.1. The van der Waals surface area contributed by atoms with E-state index in [1.807, 2.05) is 41.5 Å². The van der Waals surface area contributed by atoms with Gasteiger partial charge in [0.1, 0.15) is 0 Å². The van der Waals surface area contributed by atoms with Crippen LogP contribution in [0.4, 0.5) is 11.4 Å². The van der Waals surface area contributed by atoms with Crippen LogP contribution in [0.2, 0.25) is 0 Å². The number of nitrogen functional groups attached to an aromatic ring is 1. The Kier molecular flexibility index (Phi) is 8.61. The fourth-order valence-corrected chi connectivity index (χ4v) is 6.79. The van der Waals surface area contributed by atoms with E-state index in [4.69, 9.17) is 15.3 Å². The molecule has 0 spiro atoms. The van der Waals surface area contributed by atoms with Crippen molar-refractivity contribution in [1.82, 2.24) is 0 Å². The molecular weight excluding hydrogens is 448 g/mol. The van der Waals surface area contributed by atoms with Crippen LogP contribution in [0.15, 0.2) is 58.3 Å². The van der Waals surface area contributed by atoms with Crippen LogP contribution < -0.4 is 5.73 Å². The molecule has 0 saturated carbocycles. The number of benzene rings is 2. The Hall–Kier alpha value is -2.46. The van der Waals surface area contributed by atoms with Crippen LogP contribution in [0.25, 0.3) is 0 Å². The summed E-state index contributed by atoms with van der Waals surface area (Å²) in [4.78, 5) is 10.9. The van der Waals surface area contributed by atoms with Gasteiger partial charge >= 0.3 is 0 Å². The van der Waals surface area contributed by atoms with Gasteiger partial charge in [-0.1, -0.05) is 41.5 Å². The first-order valence-electron chi connectivity index (χ1n) is 9.95. The highest BCUT2D eigenvalue weighted by Crippen LogP contribution is 2.24. The zero-order valence-electron chi connectivity index (χ0n) is 19.5. The summed E-state index contributed by atoms with van der Waals surface area (Å²) < 4.78 is 40.1.